The summed E-state index contributed by atoms with van der Waals surface area (Å²) in [6.07, 6.45) is 0. The number of carbonyl (C=O) groups excluding carboxylic acids is 1. The number of aliphatic hydroxyl groups is 1. The summed E-state index contributed by atoms with van der Waals surface area (Å²) in [6, 6.07) is 8.14. The van der Waals surface area contributed by atoms with Crippen LogP contribution in [0.15, 0.2) is 30.3 Å². The van der Waals surface area contributed by atoms with Crippen LogP contribution in [0.1, 0.15) is 12.5 Å². The number of rotatable bonds is 2. The summed E-state index contributed by atoms with van der Waals surface area (Å²) >= 11 is 0. The molecule has 4 heteroatoms. The predicted molar refractivity (Wildman–Crippen MR) is 41.0 cm³/mol. The molecule has 1 aromatic carbocycles. The van der Waals surface area contributed by atoms with Crippen molar-refractivity contribution in [2.75, 3.05) is 0 Å². The zero-order chi connectivity index (χ0) is 9.19. The van der Waals surface area contributed by atoms with Gasteiger partial charge in [0, 0.05) is 0 Å². The van der Waals surface area contributed by atoms with Crippen LogP contribution in [0.4, 0.5) is 0 Å². The predicted octanol–water partition coefficient (Wildman–Crippen LogP) is -3.35. The van der Waals surface area contributed by atoms with E-state index in [0.717, 1.165) is 0 Å². The molecule has 0 aromatic heterocycles. The minimum atomic E-state index is -1.90. The Morgan fingerprint density at radius 2 is 1.85 bits per heavy atom. The van der Waals surface area contributed by atoms with Crippen LogP contribution < -0.4 is 34.7 Å². The molecule has 13 heavy (non-hydrogen) atoms. The van der Waals surface area contributed by atoms with Gasteiger partial charge >= 0.3 is 29.6 Å². The largest absolute Gasteiger partial charge is 1.00 e. The molecule has 1 N–H and O–H groups in total. The van der Waals surface area contributed by atoms with Crippen molar-refractivity contribution < 1.29 is 44.6 Å². The van der Waals surface area contributed by atoms with Gasteiger partial charge in [-0.1, -0.05) is 30.3 Å². The van der Waals surface area contributed by atoms with Gasteiger partial charge in [0.25, 0.3) is 0 Å². The molecule has 0 bridgehead atoms. The fourth-order valence-electron chi connectivity index (χ4n) is 0.881. The van der Waals surface area contributed by atoms with E-state index >= 15 is 0 Å². The number of carbonyl (C=O) groups is 1. The summed E-state index contributed by atoms with van der Waals surface area (Å²) in [5, 5.41) is 19.9. The summed E-state index contributed by atoms with van der Waals surface area (Å²) in [5.74, 6) is -1.49. The second-order valence-electron chi connectivity index (χ2n) is 2.73. The summed E-state index contributed by atoms with van der Waals surface area (Å²) in [4.78, 5) is 10.5. The molecule has 0 aliphatic heterocycles. The first kappa shape index (κ1) is 12.7. The Balaban J connectivity index is 0.00000144. The molecule has 0 amide bonds. The van der Waals surface area contributed by atoms with Crippen molar-refractivity contribution in [1.82, 2.24) is 0 Å². The van der Waals surface area contributed by atoms with E-state index in [1.165, 1.54) is 19.1 Å². The number of hydrogen-bond acceptors (Lipinski definition) is 3. The van der Waals surface area contributed by atoms with Crippen LogP contribution >= 0.6 is 0 Å². The topological polar surface area (TPSA) is 60.4 Å². The average Bonchev–Trinajstić information content (AvgIpc) is 2.06. The van der Waals surface area contributed by atoms with Gasteiger partial charge in [-0.3, -0.25) is 0 Å². The second-order valence-corrected chi connectivity index (χ2v) is 2.73. The number of carboxylic acid groups (broad SMARTS) is 1. The van der Waals surface area contributed by atoms with Crippen molar-refractivity contribution in [3.63, 3.8) is 0 Å². The molecule has 0 aliphatic rings. The third kappa shape index (κ3) is 2.81. The molecule has 0 fully saturated rings. The first-order chi connectivity index (χ1) is 5.55. The Kier molecular flexibility index (Phi) is 4.64. The van der Waals surface area contributed by atoms with Gasteiger partial charge in [-0.05, 0) is 12.5 Å². The van der Waals surface area contributed by atoms with Gasteiger partial charge in [0.1, 0.15) is 5.60 Å². The van der Waals surface area contributed by atoms with Gasteiger partial charge in [-0.15, -0.1) is 0 Å². The Hall–Kier alpha value is -0.350. The van der Waals surface area contributed by atoms with Gasteiger partial charge in [0.05, 0.1) is 5.97 Å². The monoisotopic (exact) mass is 188 g/mol. The number of aliphatic carboxylic acids is 1. The van der Waals surface area contributed by atoms with Gasteiger partial charge in [0.2, 0.25) is 0 Å². The zero-order valence-corrected chi connectivity index (χ0v) is 9.65. The SMILES string of the molecule is C[C@](O)(C(=O)[O-])c1ccccc1.[Na+]. The van der Waals surface area contributed by atoms with Crippen LogP contribution in [0.3, 0.4) is 0 Å². The minimum absolute atomic E-state index is 0. The first-order valence-electron chi connectivity index (χ1n) is 3.54. The van der Waals surface area contributed by atoms with E-state index in [1.54, 1.807) is 18.2 Å². The fourth-order valence-corrected chi connectivity index (χ4v) is 0.881. The first-order valence-corrected chi connectivity index (χ1v) is 3.54. The van der Waals surface area contributed by atoms with Gasteiger partial charge in [-0.2, -0.15) is 0 Å². The van der Waals surface area contributed by atoms with E-state index in [2.05, 4.69) is 0 Å². The van der Waals surface area contributed by atoms with Crippen LogP contribution in [0.5, 0.6) is 0 Å². The fraction of sp³-hybridized carbons (Fsp3) is 0.222. The van der Waals surface area contributed by atoms with Crippen LogP contribution in [-0.2, 0) is 10.4 Å². The van der Waals surface area contributed by atoms with Crippen molar-refractivity contribution in [1.29, 1.82) is 0 Å². The third-order valence-electron chi connectivity index (χ3n) is 1.73. The number of carboxylic acids is 1. The van der Waals surface area contributed by atoms with Crippen molar-refractivity contribution >= 4 is 5.97 Å². The molecule has 0 unspecified atom stereocenters. The zero-order valence-electron chi connectivity index (χ0n) is 7.65. The summed E-state index contributed by atoms with van der Waals surface area (Å²) in [7, 11) is 0. The van der Waals surface area contributed by atoms with Crippen molar-refractivity contribution in [2.24, 2.45) is 0 Å². The maximum absolute atomic E-state index is 10.5. The normalized spacial score (nSPS) is 14.0. The maximum Gasteiger partial charge on any atom is 1.00 e. The van der Waals surface area contributed by atoms with Crippen molar-refractivity contribution in [2.45, 2.75) is 12.5 Å². The molecule has 0 spiro atoms. The van der Waals surface area contributed by atoms with Crippen LogP contribution in [-0.4, -0.2) is 11.1 Å². The smallest absolute Gasteiger partial charge is 0.547 e. The van der Waals surface area contributed by atoms with Crippen molar-refractivity contribution in [3.05, 3.63) is 35.9 Å². The Morgan fingerprint density at radius 3 is 2.23 bits per heavy atom. The van der Waals surface area contributed by atoms with E-state index < -0.39 is 11.6 Å². The van der Waals surface area contributed by atoms with Gasteiger partial charge < -0.3 is 15.0 Å². The molecular formula is C9H9NaO3. The Labute approximate surface area is 98.7 Å². The van der Waals surface area contributed by atoms with E-state index in [1.807, 2.05) is 0 Å². The van der Waals surface area contributed by atoms with Crippen LogP contribution in [0.25, 0.3) is 0 Å². The Bertz CT molecular complexity index is 282. The molecule has 0 saturated heterocycles. The van der Waals surface area contributed by atoms with Gasteiger partial charge in [-0.25, -0.2) is 0 Å². The van der Waals surface area contributed by atoms with Crippen LogP contribution in [0, 0.1) is 0 Å². The molecule has 0 aliphatic carbocycles. The summed E-state index contributed by atoms with van der Waals surface area (Å²) in [6.45, 7) is 1.19. The summed E-state index contributed by atoms with van der Waals surface area (Å²) < 4.78 is 0. The molecule has 1 rings (SSSR count). The molecule has 0 radical (unpaired) electrons. The van der Waals surface area contributed by atoms with E-state index in [9.17, 15) is 15.0 Å². The van der Waals surface area contributed by atoms with E-state index in [4.69, 9.17) is 0 Å². The van der Waals surface area contributed by atoms with Crippen LogP contribution in [0.2, 0.25) is 0 Å². The molecule has 1 atom stereocenters. The standard InChI is InChI=1S/C9H10O3.Na/c1-9(12,8(10)11)7-5-3-2-4-6-7;/h2-6,12H,1H3,(H,10,11);/q;+1/p-1/t9-;/m1./s1. The average molecular weight is 188 g/mol. The van der Waals surface area contributed by atoms with Gasteiger partial charge in [0.15, 0.2) is 0 Å². The molecule has 1 aromatic rings. The molecule has 0 saturated carbocycles. The van der Waals surface area contributed by atoms with E-state index in [0.29, 0.717) is 5.56 Å². The second kappa shape index (κ2) is 4.77. The third-order valence-corrected chi connectivity index (χ3v) is 1.73. The number of hydrogen-bond donors (Lipinski definition) is 1. The minimum Gasteiger partial charge on any atom is -0.547 e. The molecule has 0 heterocycles. The quantitative estimate of drug-likeness (QED) is 0.493. The van der Waals surface area contributed by atoms with E-state index in [-0.39, 0.29) is 29.6 Å². The number of benzene rings is 1. The molecular weight excluding hydrogens is 179 g/mol. The molecule has 3 nitrogen and oxygen atoms in total. The van der Waals surface area contributed by atoms with Crippen molar-refractivity contribution in [3.8, 4) is 0 Å². The maximum atomic E-state index is 10.5. The Morgan fingerprint density at radius 1 is 1.38 bits per heavy atom. The summed E-state index contributed by atoms with van der Waals surface area (Å²) in [5.41, 5.74) is -1.58. The molecule has 64 valence electrons.